The van der Waals surface area contributed by atoms with E-state index in [0.717, 1.165) is 10.4 Å². The lowest BCUT2D eigenvalue weighted by Gasteiger charge is -2.27. The van der Waals surface area contributed by atoms with Gasteiger partial charge in [0.2, 0.25) is 5.91 Å². The van der Waals surface area contributed by atoms with E-state index < -0.39 is 0 Å². The van der Waals surface area contributed by atoms with Gasteiger partial charge in [-0.25, -0.2) is 4.98 Å². The molecule has 31 heavy (non-hydrogen) atoms. The Kier molecular flexibility index (Phi) is 6.15. The number of morpholine rings is 1. The Balaban J connectivity index is 1.39. The van der Waals surface area contributed by atoms with Crippen LogP contribution in [0.1, 0.15) is 33.0 Å². The van der Waals surface area contributed by atoms with Gasteiger partial charge in [-0.3, -0.25) is 14.4 Å². The maximum atomic E-state index is 12.6. The lowest BCUT2D eigenvalue weighted by molar-refractivity contribution is -0.116. The average molecular weight is 441 g/mol. The first-order valence-electron chi connectivity index (χ1n) is 10.2. The highest BCUT2D eigenvalue weighted by Crippen LogP contribution is 2.25. The van der Waals surface area contributed by atoms with Crippen molar-refractivity contribution >= 4 is 39.1 Å². The van der Waals surface area contributed by atoms with E-state index in [-0.39, 0.29) is 23.8 Å². The molecule has 162 valence electrons. The van der Waals surface area contributed by atoms with Gasteiger partial charge >= 0.3 is 0 Å². The van der Waals surface area contributed by atoms with Crippen LogP contribution in [0.2, 0.25) is 0 Å². The average Bonchev–Trinajstić information content (AvgIpc) is 3.06. The van der Waals surface area contributed by atoms with E-state index >= 15 is 0 Å². The number of thiophene rings is 1. The van der Waals surface area contributed by atoms with E-state index in [1.54, 1.807) is 29.2 Å². The minimum absolute atomic E-state index is 0.0731. The van der Waals surface area contributed by atoms with Gasteiger partial charge in [-0.2, -0.15) is 0 Å². The van der Waals surface area contributed by atoms with Gasteiger partial charge in [-0.05, 0) is 37.6 Å². The van der Waals surface area contributed by atoms with Gasteiger partial charge in [0, 0.05) is 42.1 Å². The summed E-state index contributed by atoms with van der Waals surface area (Å²) in [7, 11) is 0. The lowest BCUT2D eigenvalue weighted by atomic mass is 10.1. The molecule has 0 saturated carbocycles. The molecule has 2 amide bonds. The van der Waals surface area contributed by atoms with Crippen LogP contribution < -0.4 is 10.9 Å². The number of aromatic nitrogens is 2. The maximum Gasteiger partial charge on any atom is 0.259 e. The number of aromatic amines is 1. The Bertz CT molecular complexity index is 1190. The summed E-state index contributed by atoms with van der Waals surface area (Å²) < 4.78 is 5.29. The molecule has 3 aromatic rings. The van der Waals surface area contributed by atoms with Gasteiger partial charge < -0.3 is 19.9 Å². The molecular weight excluding hydrogens is 416 g/mol. The number of aryl methyl sites for hydroxylation is 3. The summed E-state index contributed by atoms with van der Waals surface area (Å²) >= 11 is 1.48. The van der Waals surface area contributed by atoms with Gasteiger partial charge in [-0.15, -0.1) is 11.3 Å². The molecule has 2 aromatic heterocycles. The van der Waals surface area contributed by atoms with Crippen molar-refractivity contribution in [1.29, 1.82) is 0 Å². The van der Waals surface area contributed by atoms with E-state index in [4.69, 9.17) is 4.74 Å². The summed E-state index contributed by atoms with van der Waals surface area (Å²) in [5.41, 5.74) is 1.87. The number of anilines is 1. The van der Waals surface area contributed by atoms with E-state index in [2.05, 4.69) is 15.3 Å². The SMILES string of the molecule is Cc1sc2nc(CCC(=O)Nc3cccc(C(=O)N4CCOCC4)c3)[nH]c(=O)c2c1C. The third kappa shape index (κ3) is 4.67. The van der Waals surface area contributed by atoms with Gasteiger partial charge in [-0.1, -0.05) is 6.07 Å². The molecule has 9 heteroatoms. The number of amides is 2. The summed E-state index contributed by atoms with van der Waals surface area (Å²) in [6.07, 6.45) is 0.485. The molecule has 0 bridgehead atoms. The second kappa shape index (κ2) is 8.99. The van der Waals surface area contributed by atoms with Gasteiger partial charge in [0.05, 0.1) is 18.6 Å². The fourth-order valence-corrected chi connectivity index (χ4v) is 4.60. The Hall–Kier alpha value is -3.04. The van der Waals surface area contributed by atoms with Crippen molar-refractivity contribution in [2.45, 2.75) is 26.7 Å². The first-order chi connectivity index (χ1) is 14.9. The third-order valence-electron chi connectivity index (χ3n) is 5.37. The number of hydrogen-bond acceptors (Lipinski definition) is 6. The van der Waals surface area contributed by atoms with Crippen LogP contribution in [0, 0.1) is 13.8 Å². The molecule has 0 unspecified atom stereocenters. The maximum absolute atomic E-state index is 12.6. The van der Waals surface area contributed by atoms with Crippen LogP contribution in [0.25, 0.3) is 10.2 Å². The van der Waals surface area contributed by atoms with Crippen LogP contribution in [0.3, 0.4) is 0 Å². The molecule has 1 aliphatic rings. The highest BCUT2D eigenvalue weighted by molar-refractivity contribution is 7.18. The number of fused-ring (bicyclic) bond motifs is 1. The molecule has 1 aliphatic heterocycles. The van der Waals surface area contributed by atoms with Gasteiger partial charge in [0.1, 0.15) is 10.7 Å². The minimum atomic E-state index is -0.211. The number of carbonyl (C=O) groups is 2. The summed E-state index contributed by atoms with van der Waals surface area (Å²) in [6.45, 7) is 6.08. The van der Waals surface area contributed by atoms with Gasteiger partial charge in [0.25, 0.3) is 11.5 Å². The number of hydrogen-bond donors (Lipinski definition) is 2. The molecule has 1 aromatic carbocycles. The number of nitrogens with zero attached hydrogens (tertiary/aromatic N) is 2. The quantitative estimate of drug-likeness (QED) is 0.635. The molecule has 0 radical (unpaired) electrons. The summed E-state index contributed by atoms with van der Waals surface area (Å²) in [5, 5.41) is 3.45. The second-order valence-electron chi connectivity index (χ2n) is 7.51. The third-order valence-corrected chi connectivity index (χ3v) is 6.47. The van der Waals surface area contributed by atoms with Crippen LogP contribution in [0.15, 0.2) is 29.1 Å². The molecule has 0 aliphatic carbocycles. The standard InChI is InChI=1S/C22H24N4O4S/c1-13-14(2)31-21-19(13)20(28)24-17(25-21)6-7-18(27)23-16-5-3-4-15(12-16)22(29)26-8-10-30-11-9-26/h3-5,12H,6-11H2,1-2H3,(H,23,27)(H,24,25,28). The molecule has 3 heterocycles. The van der Waals surface area contributed by atoms with Gasteiger partial charge in [0.15, 0.2) is 0 Å². The van der Waals surface area contributed by atoms with E-state index in [9.17, 15) is 14.4 Å². The van der Waals surface area contributed by atoms with Crippen molar-refractivity contribution in [3.8, 4) is 0 Å². The number of nitrogens with one attached hydrogen (secondary N) is 2. The van der Waals surface area contributed by atoms with E-state index in [1.807, 2.05) is 13.8 Å². The second-order valence-corrected chi connectivity index (χ2v) is 8.71. The van der Waals surface area contributed by atoms with Crippen molar-refractivity contribution in [1.82, 2.24) is 14.9 Å². The van der Waals surface area contributed by atoms with Crippen LogP contribution in [0.5, 0.6) is 0 Å². The zero-order chi connectivity index (χ0) is 22.0. The number of H-pyrrole nitrogens is 1. The van der Waals surface area contributed by atoms with Crippen LogP contribution in [-0.4, -0.2) is 53.0 Å². The molecule has 0 spiro atoms. The molecule has 2 N–H and O–H groups in total. The molecule has 1 saturated heterocycles. The zero-order valence-corrected chi connectivity index (χ0v) is 18.3. The molecular formula is C22H24N4O4S. The number of rotatable bonds is 5. The fraction of sp³-hybridized carbons (Fsp3) is 0.364. The fourth-order valence-electron chi connectivity index (χ4n) is 3.55. The molecule has 1 fully saturated rings. The normalized spacial score (nSPS) is 14.1. The topological polar surface area (TPSA) is 104 Å². The monoisotopic (exact) mass is 440 g/mol. The van der Waals surface area contributed by atoms with E-state index in [1.165, 1.54) is 11.3 Å². The number of carbonyl (C=O) groups excluding carboxylic acids is 2. The Morgan fingerprint density at radius 2 is 2.03 bits per heavy atom. The molecule has 0 atom stereocenters. The summed E-state index contributed by atoms with van der Waals surface area (Å²) in [5.74, 6) is 0.207. The predicted octanol–water partition coefficient (Wildman–Crippen LogP) is 2.65. The Morgan fingerprint density at radius 3 is 2.81 bits per heavy atom. The van der Waals surface area contributed by atoms with Crippen LogP contribution >= 0.6 is 11.3 Å². The largest absolute Gasteiger partial charge is 0.378 e. The number of ether oxygens (including phenoxy) is 1. The highest BCUT2D eigenvalue weighted by Gasteiger charge is 2.19. The van der Waals surface area contributed by atoms with Crippen LogP contribution in [-0.2, 0) is 16.0 Å². The Morgan fingerprint density at radius 1 is 1.26 bits per heavy atom. The predicted molar refractivity (Wildman–Crippen MR) is 120 cm³/mol. The Labute approximate surface area is 183 Å². The number of benzene rings is 1. The molecule has 8 nitrogen and oxygen atoms in total. The smallest absolute Gasteiger partial charge is 0.259 e. The van der Waals surface area contributed by atoms with Crippen molar-refractivity contribution in [2.24, 2.45) is 0 Å². The van der Waals surface area contributed by atoms with Crippen molar-refractivity contribution in [2.75, 3.05) is 31.6 Å². The minimum Gasteiger partial charge on any atom is -0.378 e. The van der Waals surface area contributed by atoms with Crippen molar-refractivity contribution in [3.63, 3.8) is 0 Å². The zero-order valence-electron chi connectivity index (χ0n) is 17.5. The van der Waals surface area contributed by atoms with Crippen LogP contribution in [0.4, 0.5) is 5.69 Å². The lowest BCUT2D eigenvalue weighted by Crippen LogP contribution is -2.40. The summed E-state index contributed by atoms with van der Waals surface area (Å²) in [4.78, 5) is 48.2. The highest BCUT2D eigenvalue weighted by atomic mass is 32.1. The van der Waals surface area contributed by atoms with Crippen molar-refractivity contribution < 1.29 is 14.3 Å². The summed E-state index contributed by atoms with van der Waals surface area (Å²) in [6, 6.07) is 6.91. The first kappa shape index (κ1) is 21.2. The molecule has 4 rings (SSSR count). The first-order valence-corrected chi connectivity index (χ1v) is 11.0. The van der Waals surface area contributed by atoms with E-state index in [0.29, 0.717) is 60.0 Å². The van der Waals surface area contributed by atoms with Crippen molar-refractivity contribution in [3.05, 3.63) is 56.4 Å².